The summed E-state index contributed by atoms with van der Waals surface area (Å²) in [5, 5.41) is 9.32. The van der Waals surface area contributed by atoms with Crippen LogP contribution in [-0.2, 0) is 37.4 Å². The second kappa shape index (κ2) is 33.6. The Morgan fingerprint density at radius 2 is 0.789 bits per heavy atom. The number of fused-ring (bicyclic) bond motifs is 12. The second-order valence-electron chi connectivity index (χ2n) is 35.2. The number of furan rings is 3. The number of rotatable bonds is 11. The molecule has 32 heteroatoms. The van der Waals surface area contributed by atoms with Crippen LogP contribution in [0, 0.1) is 16.2 Å². The van der Waals surface area contributed by atoms with E-state index in [9.17, 15) is 13.2 Å². The lowest BCUT2D eigenvalue weighted by molar-refractivity contribution is 0.112. The molecule has 15 aromatic rings. The summed E-state index contributed by atoms with van der Waals surface area (Å²) in [6.45, 7) is 24.8. The lowest BCUT2D eigenvalue weighted by atomic mass is 9.86. The van der Waals surface area contributed by atoms with Crippen LogP contribution < -0.4 is 20.0 Å². The van der Waals surface area contributed by atoms with Gasteiger partial charge in [0.05, 0.1) is 62.1 Å². The summed E-state index contributed by atoms with van der Waals surface area (Å²) in [6.07, 6.45) is 20.8. The first kappa shape index (κ1) is 80.4. The smallest absolute Gasteiger partial charge is 0.261 e. The molecule has 0 bridgehead atoms. The molecule has 0 radical (unpaired) electrons. The first-order chi connectivity index (χ1) is 59.9. The van der Waals surface area contributed by atoms with E-state index >= 15 is 0 Å². The van der Waals surface area contributed by atoms with Crippen LogP contribution in [0.5, 0.6) is 0 Å². The number of ether oxygens (including phenoxy) is 3. The monoisotopic (exact) mass is 1680 g/mol. The quantitative estimate of drug-likeness (QED) is 0.0593. The van der Waals surface area contributed by atoms with Gasteiger partial charge < -0.3 is 77.1 Å². The van der Waals surface area contributed by atoms with Crippen LogP contribution in [0.1, 0.15) is 60.0 Å². The normalized spacial score (nSPS) is 21.9. The van der Waals surface area contributed by atoms with Gasteiger partial charge in [-0.3, -0.25) is 19.1 Å². The van der Waals surface area contributed by atoms with E-state index in [-0.39, 0.29) is 0 Å². The minimum atomic E-state index is -3.67. The fraction of sp³-hybridized carbons (Fsp3) is 0.429. The first-order valence-corrected chi connectivity index (χ1v) is 44.8. The number of aromatic nitrogens is 12. The number of carbonyl (C=O) groups excluding carboxylic acids is 1. The molecule has 0 saturated carbocycles. The Labute approximate surface area is 710 Å². The van der Waals surface area contributed by atoms with E-state index in [0.29, 0.717) is 143 Å². The van der Waals surface area contributed by atoms with E-state index in [2.05, 4.69) is 134 Å². The zero-order valence-corrected chi connectivity index (χ0v) is 70.8. The van der Waals surface area contributed by atoms with Crippen molar-refractivity contribution < 1.29 is 45.2 Å². The number of carbonyl (C=O) groups is 1. The highest BCUT2D eigenvalue weighted by Crippen LogP contribution is 2.45. The van der Waals surface area contributed by atoms with Crippen molar-refractivity contribution >= 4 is 133 Å². The first-order valence-electron chi connectivity index (χ1n) is 43.0. The number of benzene rings is 3. The summed E-state index contributed by atoms with van der Waals surface area (Å²) < 4.78 is 61.4. The van der Waals surface area contributed by atoms with E-state index < -0.39 is 10.1 Å². The van der Waals surface area contributed by atoms with Crippen LogP contribution in [-0.4, -0.2) is 288 Å². The van der Waals surface area contributed by atoms with Crippen molar-refractivity contribution in [2.24, 2.45) is 16.2 Å². The highest BCUT2D eigenvalue weighted by Gasteiger charge is 2.44. The number of hydrogen-bond acceptors (Lipinski definition) is 27. The fourth-order valence-corrected chi connectivity index (χ4v) is 20.2. The highest BCUT2D eigenvalue weighted by atomic mass is 32.2. The Balaban J connectivity index is 0.000000108. The predicted molar refractivity (Wildman–Crippen MR) is 476 cm³/mol. The molecule has 24 rings (SSSR count). The number of hydrogen-bond donors (Lipinski definition) is 5. The Hall–Kier alpha value is -11.0. The van der Waals surface area contributed by atoms with Crippen LogP contribution in [0.25, 0.3) is 133 Å². The van der Waals surface area contributed by atoms with Gasteiger partial charge in [-0.1, -0.05) is 36.4 Å². The van der Waals surface area contributed by atoms with Crippen molar-refractivity contribution in [1.29, 1.82) is 0 Å². The molecular weight excluding hydrogens is 1580 g/mol. The summed E-state index contributed by atoms with van der Waals surface area (Å²) in [6, 6.07) is 30.9. The molecule has 3 unspecified atom stereocenters. The molecule has 5 N–H and O–H groups in total. The molecule has 21 heterocycles. The van der Waals surface area contributed by atoms with Gasteiger partial charge in [0.2, 0.25) is 17.1 Å². The van der Waals surface area contributed by atoms with Crippen molar-refractivity contribution in [3.05, 3.63) is 145 Å². The van der Waals surface area contributed by atoms with Crippen molar-refractivity contribution in [1.82, 2.24) is 89.6 Å². The number of anilines is 3. The van der Waals surface area contributed by atoms with Crippen molar-refractivity contribution in [3.8, 4) is 34.2 Å². The Morgan fingerprint density at radius 3 is 1.14 bits per heavy atom. The minimum Gasteiger partial charge on any atom is -0.432 e. The van der Waals surface area contributed by atoms with Crippen molar-refractivity contribution in [3.63, 3.8) is 0 Å². The third-order valence-electron chi connectivity index (χ3n) is 26.2. The maximum Gasteiger partial charge on any atom is 0.261 e. The Bertz CT molecular complexity index is 6280. The zero-order chi connectivity index (χ0) is 83.6. The molecule has 638 valence electrons. The molecule has 3 atom stereocenters. The molecule has 12 aromatic heterocycles. The molecule has 9 fully saturated rings. The van der Waals surface area contributed by atoms with Gasteiger partial charge >= 0.3 is 0 Å². The maximum atomic E-state index is 11.3. The predicted octanol–water partition coefficient (Wildman–Crippen LogP) is 11.9. The van der Waals surface area contributed by atoms with Crippen LogP contribution in [0.4, 0.5) is 17.5 Å². The molecular formula is C91H103N21O10S. The number of nitrogens with one attached hydrogen (secondary N) is 4. The largest absolute Gasteiger partial charge is 0.432 e. The molecule has 31 nitrogen and oxygen atoms in total. The minimum absolute atomic E-state index is 0.441. The highest BCUT2D eigenvalue weighted by molar-refractivity contribution is 7.85. The maximum absolute atomic E-state index is 11.3. The van der Waals surface area contributed by atoms with Gasteiger partial charge in [0.1, 0.15) is 16.6 Å². The standard InChI is InChI=1S/2C30H33N7O2.C22H17N5O3.C8H16N2.CH4O3S/c2*1-35-9-6-30(18-35)7-10-36(19-30)17-20-15-23-25-26(39-29(23)32-16-20)28(37-11-13-38-14-12-37)34-27(33-25)22-3-2-4-24-21(22)5-8-31-24;28-12-13-10-16-18-19(30-22(16)24-11-13)21(27-6-8-29-9-7-27)26-20(25-18)15-2-1-3-17-14(15)4-5-23-17;1-10-5-3-8(7-10)2-4-9-6-8;1-5(2,3)4/h2*2-5,8,15-16,31H,6-7,9-14,17-19H2,1H3;1-5,10-12,23H,6-9H2;9H,2-7H2,1H3;1H3,(H,2,3,4). The molecule has 9 saturated heterocycles. The van der Waals surface area contributed by atoms with E-state index in [1.54, 1.807) is 6.07 Å². The third kappa shape index (κ3) is 16.6. The Morgan fingerprint density at radius 1 is 0.431 bits per heavy atom. The number of likely N-dealkylation sites (tertiary alicyclic amines) is 5. The van der Waals surface area contributed by atoms with E-state index in [1.165, 1.54) is 108 Å². The average molecular weight is 1680 g/mol. The number of aromatic amines is 3. The third-order valence-corrected chi connectivity index (χ3v) is 26.2. The van der Waals surface area contributed by atoms with Gasteiger partial charge in [0.25, 0.3) is 10.1 Å². The number of morpholine rings is 3. The van der Waals surface area contributed by atoms with Crippen LogP contribution in [0.3, 0.4) is 0 Å². The van der Waals surface area contributed by atoms with Crippen LogP contribution in [0.2, 0.25) is 0 Å². The van der Waals surface area contributed by atoms with E-state index in [1.807, 2.05) is 67.4 Å². The van der Waals surface area contributed by atoms with E-state index in [0.717, 1.165) is 160 Å². The number of pyridine rings is 3. The van der Waals surface area contributed by atoms with Gasteiger partial charge in [0.15, 0.2) is 58.0 Å². The molecule has 9 aliphatic heterocycles. The summed E-state index contributed by atoms with van der Waals surface area (Å²) in [5.74, 6) is 4.36. The SMILES string of the molecule is CN1CCC2(CCN(Cc3cnc4oc5c(N6CCOCC6)nc(-c6cccc7[nH]ccc67)nc5c4c3)C2)C1.CN1CCC2(CCN(Cc3cnc4oc5c(N6CCOCC6)nc(-c6cccc7[nH]ccc67)nc5c4c3)C2)C1.CN1CCC2(CCNC2)C1.CS(=O)(=O)O.O=Cc1cnc2oc3c(N4CCOCC4)nc(-c4cccc5[nH]ccc45)nc3c2c1. The lowest BCUT2D eigenvalue weighted by Gasteiger charge is -2.27. The van der Waals surface area contributed by atoms with Crippen LogP contribution >= 0.6 is 0 Å². The van der Waals surface area contributed by atoms with Gasteiger partial charge in [-0.25, -0.2) is 44.9 Å². The molecule has 3 aromatic carbocycles. The van der Waals surface area contributed by atoms with Crippen molar-refractivity contribution in [2.75, 3.05) is 200 Å². The molecule has 0 amide bonds. The fourth-order valence-electron chi connectivity index (χ4n) is 20.2. The second-order valence-corrected chi connectivity index (χ2v) is 36.6. The number of nitrogens with zero attached hydrogens (tertiary/aromatic N) is 17. The molecule has 3 spiro atoms. The summed E-state index contributed by atoms with van der Waals surface area (Å²) in [7, 11) is 3.06. The summed E-state index contributed by atoms with van der Waals surface area (Å²) in [4.78, 5) is 84.4. The van der Waals surface area contributed by atoms with Crippen molar-refractivity contribution in [2.45, 2.75) is 51.6 Å². The van der Waals surface area contributed by atoms with Gasteiger partial charge in [-0.2, -0.15) is 8.42 Å². The average Bonchev–Trinajstić information content (AvgIpc) is 1.61. The van der Waals surface area contributed by atoms with Gasteiger partial charge in [-0.15, -0.1) is 0 Å². The molecule has 9 aliphatic rings. The summed E-state index contributed by atoms with van der Waals surface area (Å²) >= 11 is 0. The molecule has 123 heavy (non-hydrogen) atoms. The van der Waals surface area contributed by atoms with Gasteiger partial charge in [0, 0.05) is 184 Å². The summed E-state index contributed by atoms with van der Waals surface area (Å²) in [5.41, 5.74) is 16.6. The molecule has 0 aliphatic carbocycles. The topological polar surface area (TPSA) is 340 Å². The van der Waals surface area contributed by atoms with E-state index in [4.69, 9.17) is 71.9 Å². The van der Waals surface area contributed by atoms with Crippen LogP contribution in [0.15, 0.2) is 141 Å². The Kier molecular flexibility index (Phi) is 21.9. The zero-order valence-electron chi connectivity index (χ0n) is 70.0. The van der Waals surface area contributed by atoms with Gasteiger partial charge in [-0.05, 0) is 181 Å². The lowest BCUT2D eigenvalue weighted by Crippen LogP contribution is -2.37. The number of aldehydes is 1. The number of H-pyrrole nitrogens is 3.